The van der Waals surface area contributed by atoms with Crippen molar-refractivity contribution < 1.29 is 19.1 Å². The summed E-state index contributed by atoms with van der Waals surface area (Å²) in [5.41, 5.74) is -0.0886. The minimum Gasteiger partial charge on any atom is -0.422 e. The van der Waals surface area contributed by atoms with Gasteiger partial charge in [0.15, 0.2) is 5.41 Å². The molecule has 25 heavy (non-hydrogen) atoms. The van der Waals surface area contributed by atoms with Gasteiger partial charge >= 0.3 is 11.9 Å². The van der Waals surface area contributed by atoms with E-state index in [2.05, 4.69) is 26.0 Å². The summed E-state index contributed by atoms with van der Waals surface area (Å²) in [6.07, 6.45) is 4.86. The topological polar surface area (TPSA) is 52.6 Å². The summed E-state index contributed by atoms with van der Waals surface area (Å²) >= 11 is 0. The van der Waals surface area contributed by atoms with Crippen LogP contribution in [-0.2, 0) is 19.1 Å². The molecule has 1 unspecified atom stereocenters. The normalized spacial score (nSPS) is 27.7. The average Bonchev–Trinajstić information content (AvgIpc) is 2.74. The molecule has 1 aliphatic heterocycles. The molecule has 0 radical (unpaired) electrons. The number of allylic oxidation sites excluding steroid dienone is 1. The molecule has 1 heterocycles. The predicted octanol–water partition coefficient (Wildman–Crippen LogP) is 4.21. The van der Waals surface area contributed by atoms with Gasteiger partial charge in [-0.3, -0.25) is 9.59 Å². The number of carbonyl (C=O) groups is 2. The second-order valence-electron chi connectivity index (χ2n) is 7.92. The maximum absolute atomic E-state index is 12.8. The average molecular weight is 342 g/mol. The van der Waals surface area contributed by atoms with Crippen molar-refractivity contribution in [1.82, 2.24) is 0 Å². The Morgan fingerprint density at radius 3 is 2.20 bits per heavy atom. The van der Waals surface area contributed by atoms with Gasteiger partial charge in [-0.05, 0) is 36.2 Å². The number of benzene rings is 1. The van der Waals surface area contributed by atoms with Gasteiger partial charge in [-0.25, -0.2) is 0 Å². The van der Waals surface area contributed by atoms with E-state index in [0.717, 1.165) is 6.42 Å². The summed E-state index contributed by atoms with van der Waals surface area (Å²) in [6.45, 7) is 7.46. The molecule has 0 N–H and O–H groups in total. The SMILES string of the molecule is CC(C)C1CC2(C=CC[C@H]1c1ccccc1)C(=O)OC(C)(C)OC2=O. The highest BCUT2D eigenvalue weighted by Gasteiger charge is 2.56. The zero-order chi connectivity index (χ0) is 18.2. The van der Waals surface area contributed by atoms with Crippen molar-refractivity contribution in [1.29, 1.82) is 0 Å². The van der Waals surface area contributed by atoms with Crippen molar-refractivity contribution >= 4 is 11.9 Å². The molecule has 2 atom stereocenters. The quantitative estimate of drug-likeness (QED) is 0.459. The largest absolute Gasteiger partial charge is 0.422 e. The first kappa shape index (κ1) is 17.7. The monoisotopic (exact) mass is 342 g/mol. The maximum Gasteiger partial charge on any atom is 0.330 e. The van der Waals surface area contributed by atoms with Crippen LogP contribution in [0.4, 0.5) is 0 Å². The van der Waals surface area contributed by atoms with Gasteiger partial charge in [-0.15, -0.1) is 0 Å². The summed E-state index contributed by atoms with van der Waals surface area (Å²) in [4.78, 5) is 25.6. The van der Waals surface area contributed by atoms with Crippen LogP contribution in [-0.4, -0.2) is 17.7 Å². The van der Waals surface area contributed by atoms with Crippen molar-refractivity contribution in [2.75, 3.05) is 0 Å². The number of carbonyl (C=O) groups excluding carboxylic acids is 2. The molecule has 1 spiro atoms. The number of hydrogen-bond donors (Lipinski definition) is 0. The van der Waals surface area contributed by atoms with Crippen LogP contribution >= 0.6 is 0 Å². The number of cyclic esters (lactones) is 2. The molecule has 1 aromatic rings. The summed E-state index contributed by atoms with van der Waals surface area (Å²) in [7, 11) is 0. The molecule has 1 fully saturated rings. The Kier molecular flexibility index (Phi) is 4.48. The van der Waals surface area contributed by atoms with Crippen molar-refractivity contribution in [2.45, 2.75) is 52.2 Å². The van der Waals surface area contributed by atoms with Gasteiger partial charge in [0.25, 0.3) is 5.79 Å². The van der Waals surface area contributed by atoms with E-state index in [1.54, 1.807) is 19.9 Å². The van der Waals surface area contributed by atoms with Gasteiger partial charge in [0, 0.05) is 13.8 Å². The molecule has 0 bridgehead atoms. The number of rotatable bonds is 2. The molecule has 1 aromatic carbocycles. The lowest BCUT2D eigenvalue weighted by Crippen LogP contribution is -2.53. The van der Waals surface area contributed by atoms with Crippen LogP contribution in [0.25, 0.3) is 0 Å². The Hall–Kier alpha value is -2.10. The van der Waals surface area contributed by atoms with E-state index in [1.165, 1.54) is 5.56 Å². The van der Waals surface area contributed by atoms with E-state index < -0.39 is 23.1 Å². The van der Waals surface area contributed by atoms with Gasteiger partial charge < -0.3 is 9.47 Å². The van der Waals surface area contributed by atoms with E-state index in [0.29, 0.717) is 12.3 Å². The van der Waals surface area contributed by atoms with Crippen LogP contribution in [0.1, 0.15) is 52.0 Å². The van der Waals surface area contributed by atoms with Crippen LogP contribution in [0.15, 0.2) is 42.5 Å². The van der Waals surface area contributed by atoms with Crippen LogP contribution < -0.4 is 0 Å². The smallest absolute Gasteiger partial charge is 0.330 e. The fourth-order valence-electron chi connectivity index (χ4n) is 3.99. The molecule has 0 saturated carbocycles. The molecule has 1 saturated heterocycles. The first-order valence-corrected chi connectivity index (χ1v) is 8.95. The third kappa shape index (κ3) is 3.22. The first-order chi connectivity index (χ1) is 11.8. The molecule has 1 aliphatic carbocycles. The summed E-state index contributed by atoms with van der Waals surface area (Å²) in [6, 6.07) is 10.3. The Labute approximate surface area is 149 Å². The van der Waals surface area contributed by atoms with Gasteiger partial charge in [-0.1, -0.05) is 56.3 Å². The van der Waals surface area contributed by atoms with Crippen molar-refractivity contribution in [3.05, 3.63) is 48.0 Å². The van der Waals surface area contributed by atoms with Crippen LogP contribution in [0.3, 0.4) is 0 Å². The van der Waals surface area contributed by atoms with Gasteiger partial charge in [-0.2, -0.15) is 0 Å². The number of hydrogen-bond acceptors (Lipinski definition) is 4. The molecule has 0 amide bonds. The van der Waals surface area contributed by atoms with Crippen molar-refractivity contribution in [2.24, 2.45) is 17.3 Å². The summed E-state index contributed by atoms with van der Waals surface area (Å²) in [5, 5.41) is 0. The third-order valence-electron chi connectivity index (χ3n) is 5.36. The van der Waals surface area contributed by atoms with Crippen LogP contribution in [0.5, 0.6) is 0 Å². The third-order valence-corrected chi connectivity index (χ3v) is 5.36. The van der Waals surface area contributed by atoms with E-state index in [4.69, 9.17) is 9.47 Å². The van der Waals surface area contributed by atoms with E-state index >= 15 is 0 Å². The summed E-state index contributed by atoms with van der Waals surface area (Å²) in [5.74, 6) is -1.46. The highest BCUT2D eigenvalue weighted by atomic mass is 16.7. The minimum atomic E-state index is -1.33. The Morgan fingerprint density at radius 2 is 1.64 bits per heavy atom. The Balaban J connectivity index is 1.98. The molecular weight excluding hydrogens is 316 g/mol. The molecule has 4 nitrogen and oxygen atoms in total. The Bertz CT molecular complexity index is 667. The molecular formula is C21H26O4. The second-order valence-corrected chi connectivity index (χ2v) is 7.92. The van der Waals surface area contributed by atoms with Crippen LogP contribution in [0, 0.1) is 17.3 Å². The molecule has 4 heteroatoms. The van der Waals surface area contributed by atoms with Gasteiger partial charge in [0.2, 0.25) is 0 Å². The van der Waals surface area contributed by atoms with E-state index in [1.807, 2.05) is 24.3 Å². The Morgan fingerprint density at radius 1 is 1.04 bits per heavy atom. The van der Waals surface area contributed by atoms with Gasteiger partial charge in [0.1, 0.15) is 0 Å². The molecule has 134 valence electrons. The zero-order valence-electron chi connectivity index (χ0n) is 15.3. The standard InChI is InChI=1S/C21H26O4/c1-14(2)17-13-21(18(22)24-20(3,4)25-19(21)23)12-8-11-16(17)15-9-6-5-7-10-15/h5-10,12,14,16-17H,11,13H2,1-4H3/t16-,17?/m0/s1. The van der Waals surface area contributed by atoms with Gasteiger partial charge in [0.05, 0.1) is 0 Å². The fourth-order valence-corrected chi connectivity index (χ4v) is 3.99. The van der Waals surface area contributed by atoms with Crippen molar-refractivity contribution in [3.63, 3.8) is 0 Å². The molecule has 3 rings (SSSR count). The van der Waals surface area contributed by atoms with E-state index in [9.17, 15) is 9.59 Å². The lowest BCUT2D eigenvalue weighted by Gasteiger charge is -2.41. The minimum absolute atomic E-state index is 0.165. The number of esters is 2. The lowest BCUT2D eigenvalue weighted by molar-refractivity contribution is -0.248. The highest BCUT2D eigenvalue weighted by molar-refractivity contribution is 6.04. The van der Waals surface area contributed by atoms with Crippen molar-refractivity contribution in [3.8, 4) is 0 Å². The highest BCUT2D eigenvalue weighted by Crippen LogP contribution is 2.47. The predicted molar refractivity (Wildman–Crippen MR) is 94.6 cm³/mol. The second kappa shape index (κ2) is 6.32. The van der Waals surface area contributed by atoms with Crippen LogP contribution in [0.2, 0.25) is 0 Å². The fraction of sp³-hybridized carbons (Fsp3) is 0.524. The molecule has 2 aliphatic rings. The molecule has 0 aromatic heterocycles. The first-order valence-electron chi connectivity index (χ1n) is 8.95. The maximum atomic E-state index is 12.8. The summed E-state index contributed by atoms with van der Waals surface area (Å²) < 4.78 is 10.9. The zero-order valence-corrected chi connectivity index (χ0v) is 15.3. The number of ether oxygens (including phenoxy) is 2. The lowest BCUT2D eigenvalue weighted by atomic mass is 9.70. The van der Waals surface area contributed by atoms with E-state index in [-0.39, 0.29) is 11.8 Å².